The van der Waals surface area contributed by atoms with Crippen LogP contribution in [0, 0.1) is 0 Å². The van der Waals surface area contributed by atoms with Crippen molar-refractivity contribution in [3.05, 3.63) is 48.5 Å². The van der Waals surface area contributed by atoms with Crippen molar-refractivity contribution in [3.8, 4) is 5.75 Å². The molecule has 0 aliphatic rings. The summed E-state index contributed by atoms with van der Waals surface area (Å²) in [6.07, 6.45) is 5.56. The van der Waals surface area contributed by atoms with Crippen LogP contribution in [0.2, 0.25) is 0 Å². The lowest BCUT2D eigenvalue weighted by molar-refractivity contribution is 0.394. The molecule has 1 N–H and O–H groups in total. The van der Waals surface area contributed by atoms with E-state index in [4.69, 9.17) is 4.74 Å². The van der Waals surface area contributed by atoms with Crippen molar-refractivity contribution < 1.29 is 4.74 Å². The number of nitrogens with one attached hydrogen (secondary N) is 1. The van der Waals surface area contributed by atoms with Crippen LogP contribution in [0.3, 0.4) is 0 Å². The first-order valence-electron chi connectivity index (χ1n) is 5.61. The molecule has 0 fully saturated rings. The highest BCUT2D eigenvalue weighted by Crippen LogP contribution is 2.25. The number of ether oxygens (including phenoxy) is 1. The van der Waals surface area contributed by atoms with E-state index >= 15 is 0 Å². The Labute approximate surface area is 101 Å². The van der Waals surface area contributed by atoms with Crippen LogP contribution in [-0.4, -0.2) is 23.7 Å². The molecule has 0 radical (unpaired) electrons. The predicted molar refractivity (Wildman–Crippen MR) is 67.0 cm³/mol. The molecule has 1 aromatic heterocycles. The Hall–Kier alpha value is -1.81. The maximum atomic E-state index is 5.38. The molecular formula is C13H17N3O. The van der Waals surface area contributed by atoms with Gasteiger partial charge < -0.3 is 14.6 Å². The average molecular weight is 231 g/mol. The molecule has 0 spiro atoms. The van der Waals surface area contributed by atoms with Crippen LogP contribution in [0.15, 0.2) is 43.0 Å². The summed E-state index contributed by atoms with van der Waals surface area (Å²) < 4.78 is 7.43. The number of imidazole rings is 1. The van der Waals surface area contributed by atoms with E-state index in [2.05, 4.69) is 16.4 Å². The van der Waals surface area contributed by atoms with E-state index in [9.17, 15) is 0 Å². The minimum atomic E-state index is 0.209. The third-order valence-corrected chi connectivity index (χ3v) is 2.82. The monoisotopic (exact) mass is 231 g/mol. The van der Waals surface area contributed by atoms with E-state index in [-0.39, 0.29) is 6.04 Å². The predicted octanol–water partition coefficient (Wildman–Crippen LogP) is 1.85. The van der Waals surface area contributed by atoms with E-state index in [1.165, 1.54) is 0 Å². The van der Waals surface area contributed by atoms with Crippen LogP contribution in [-0.2, 0) is 6.54 Å². The van der Waals surface area contributed by atoms with Gasteiger partial charge in [0.1, 0.15) is 5.75 Å². The Morgan fingerprint density at radius 2 is 2.24 bits per heavy atom. The van der Waals surface area contributed by atoms with E-state index in [0.29, 0.717) is 0 Å². The van der Waals surface area contributed by atoms with Gasteiger partial charge in [-0.05, 0) is 13.1 Å². The number of likely N-dealkylation sites (N-methyl/N-ethyl adjacent to an activating group) is 1. The van der Waals surface area contributed by atoms with Crippen molar-refractivity contribution in [2.45, 2.75) is 12.6 Å². The minimum Gasteiger partial charge on any atom is -0.496 e. The maximum Gasteiger partial charge on any atom is 0.123 e. The summed E-state index contributed by atoms with van der Waals surface area (Å²) in [6, 6.07) is 8.27. The lowest BCUT2D eigenvalue weighted by Crippen LogP contribution is -2.22. The van der Waals surface area contributed by atoms with Gasteiger partial charge in [0.15, 0.2) is 0 Å². The molecule has 1 aromatic carbocycles. The van der Waals surface area contributed by atoms with E-state index < -0.39 is 0 Å². The molecular weight excluding hydrogens is 214 g/mol. The third-order valence-electron chi connectivity index (χ3n) is 2.82. The molecule has 4 heteroatoms. The fourth-order valence-corrected chi connectivity index (χ4v) is 1.90. The van der Waals surface area contributed by atoms with Crippen LogP contribution in [0.5, 0.6) is 5.75 Å². The molecule has 2 rings (SSSR count). The Balaban J connectivity index is 2.22. The highest BCUT2D eigenvalue weighted by Gasteiger charge is 2.13. The van der Waals surface area contributed by atoms with Gasteiger partial charge in [0.05, 0.1) is 19.5 Å². The summed E-state index contributed by atoms with van der Waals surface area (Å²) in [7, 11) is 3.65. The number of methoxy groups -OCH3 is 1. The van der Waals surface area contributed by atoms with Gasteiger partial charge in [0, 0.05) is 24.5 Å². The van der Waals surface area contributed by atoms with Gasteiger partial charge in [0.2, 0.25) is 0 Å². The molecule has 90 valence electrons. The molecule has 1 unspecified atom stereocenters. The van der Waals surface area contributed by atoms with Crippen molar-refractivity contribution in [2.24, 2.45) is 0 Å². The number of hydrogen-bond acceptors (Lipinski definition) is 3. The molecule has 0 aliphatic carbocycles. The Bertz CT molecular complexity index is 453. The topological polar surface area (TPSA) is 39.1 Å². The van der Waals surface area contributed by atoms with Crippen LogP contribution in [0.25, 0.3) is 0 Å². The largest absolute Gasteiger partial charge is 0.496 e. The summed E-state index contributed by atoms with van der Waals surface area (Å²) in [5, 5.41) is 3.30. The first-order chi connectivity index (χ1) is 8.35. The van der Waals surface area contributed by atoms with E-state index in [1.54, 1.807) is 13.3 Å². The van der Waals surface area contributed by atoms with Gasteiger partial charge in [0.25, 0.3) is 0 Å². The number of benzene rings is 1. The number of aromatic nitrogens is 2. The minimum absolute atomic E-state index is 0.209. The second kappa shape index (κ2) is 5.50. The van der Waals surface area contributed by atoms with Gasteiger partial charge in [-0.3, -0.25) is 0 Å². The molecule has 0 bridgehead atoms. The fourth-order valence-electron chi connectivity index (χ4n) is 1.90. The molecule has 0 saturated heterocycles. The van der Waals surface area contributed by atoms with Gasteiger partial charge in [-0.25, -0.2) is 4.98 Å². The van der Waals surface area contributed by atoms with Crippen molar-refractivity contribution in [1.29, 1.82) is 0 Å². The van der Waals surface area contributed by atoms with Crippen LogP contribution >= 0.6 is 0 Å². The number of rotatable bonds is 5. The molecule has 1 heterocycles. The SMILES string of the molecule is CNC(Cn1ccnc1)c1ccccc1OC. The fraction of sp³-hybridized carbons (Fsp3) is 0.308. The Morgan fingerprint density at radius 1 is 1.41 bits per heavy atom. The van der Waals surface area contributed by atoms with Crippen molar-refractivity contribution in [1.82, 2.24) is 14.9 Å². The molecule has 4 nitrogen and oxygen atoms in total. The molecule has 2 aromatic rings. The van der Waals surface area contributed by atoms with E-state index in [1.807, 2.05) is 42.3 Å². The van der Waals surface area contributed by atoms with Crippen LogP contribution < -0.4 is 10.1 Å². The lowest BCUT2D eigenvalue weighted by atomic mass is 10.1. The lowest BCUT2D eigenvalue weighted by Gasteiger charge is -2.19. The molecule has 0 aliphatic heterocycles. The van der Waals surface area contributed by atoms with Crippen molar-refractivity contribution in [2.75, 3.05) is 14.2 Å². The smallest absolute Gasteiger partial charge is 0.123 e. The molecule has 0 amide bonds. The van der Waals surface area contributed by atoms with Crippen LogP contribution in [0.4, 0.5) is 0 Å². The number of nitrogens with zero attached hydrogens (tertiary/aromatic N) is 2. The normalized spacial score (nSPS) is 12.4. The van der Waals surface area contributed by atoms with Crippen LogP contribution in [0.1, 0.15) is 11.6 Å². The first-order valence-corrected chi connectivity index (χ1v) is 5.61. The second-order valence-corrected chi connectivity index (χ2v) is 3.84. The maximum absolute atomic E-state index is 5.38. The standard InChI is InChI=1S/C13H17N3O/c1-14-12(9-16-8-7-15-10-16)11-5-3-4-6-13(11)17-2/h3-8,10,12,14H,9H2,1-2H3. The second-order valence-electron chi connectivity index (χ2n) is 3.84. The highest BCUT2D eigenvalue weighted by atomic mass is 16.5. The zero-order valence-electron chi connectivity index (χ0n) is 10.1. The summed E-state index contributed by atoms with van der Waals surface area (Å²) in [5.74, 6) is 0.909. The zero-order chi connectivity index (χ0) is 12.1. The molecule has 1 atom stereocenters. The summed E-state index contributed by atoms with van der Waals surface area (Å²) in [4.78, 5) is 4.05. The molecule has 0 saturated carbocycles. The average Bonchev–Trinajstić information content (AvgIpc) is 2.89. The quantitative estimate of drug-likeness (QED) is 0.853. The Morgan fingerprint density at radius 3 is 2.88 bits per heavy atom. The van der Waals surface area contributed by atoms with Gasteiger partial charge >= 0.3 is 0 Å². The van der Waals surface area contributed by atoms with Gasteiger partial charge in [-0.2, -0.15) is 0 Å². The highest BCUT2D eigenvalue weighted by molar-refractivity contribution is 5.35. The van der Waals surface area contributed by atoms with E-state index in [0.717, 1.165) is 17.9 Å². The van der Waals surface area contributed by atoms with Gasteiger partial charge in [-0.15, -0.1) is 0 Å². The van der Waals surface area contributed by atoms with Crippen molar-refractivity contribution in [3.63, 3.8) is 0 Å². The number of para-hydroxylation sites is 1. The van der Waals surface area contributed by atoms with Gasteiger partial charge in [-0.1, -0.05) is 18.2 Å². The zero-order valence-corrected chi connectivity index (χ0v) is 10.1. The first kappa shape index (κ1) is 11.7. The summed E-state index contributed by atoms with van der Waals surface area (Å²) >= 11 is 0. The summed E-state index contributed by atoms with van der Waals surface area (Å²) in [5.41, 5.74) is 1.16. The third kappa shape index (κ3) is 2.65. The van der Waals surface area contributed by atoms with Crippen molar-refractivity contribution >= 4 is 0 Å². The Kier molecular flexibility index (Phi) is 3.77. The number of hydrogen-bond donors (Lipinski definition) is 1. The molecule has 17 heavy (non-hydrogen) atoms. The summed E-state index contributed by atoms with van der Waals surface area (Å²) in [6.45, 7) is 0.830.